The van der Waals surface area contributed by atoms with E-state index in [4.69, 9.17) is 19.9 Å². The fourth-order valence-electron chi connectivity index (χ4n) is 2.90. The average Bonchev–Trinajstić information content (AvgIpc) is 2.68. The highest BCUT2D eigenvalue weighted by Crippen LogP contribution is 2.29. The molecule has 2 rings (SSSR count). The zero-order chi connectivity index (χ0) is 20.4. The van der Waals surface area contributed by atoms with Crippen molar-refractivity contribution in [1.29, 1.82) is 0 Å². The van der Waals surface area contributed by atoms with Crippen molar-refractivity contribution in [2.24, 2.45) is 0 Å². The van der Waals surface area contributed by atoms with Crippen LogP contribution in [0, 0.1) is 6.92 Å². The minimum Gasteiger partial charge on any atom is -0.496 e. The van der Waals surface area contributed by atoms with Gasteiger partial charge in [-0.2, -0.15) is 4.98 Å². The van der Waals surface area contributed by atoms with Gasteiger partial charge < -0.3 is 25.3 Å². The van der Waals surface area contributed by atoms with Crippen molar-refractivity contribution in [3.63, 3.8) is 0 Å². The topological polar surface area (TPSA) is 91.5 Å². The molecule has 28 heavy (non-hydrogen) atoms. The van der Waals surface area contributed by atoms with Gasteiger partial charge in [-0.1, -0.05) is 19.4 Å². The first kappa shape index (κ1) is 21.8. The smallest absolute Gasteiger partial charge is 0.222 e. The van der Waals surface area contributed by atoms with Crippen LogP contribution in [-0.2, 0) is 11.2 Å². The lowest BCUT2D eigenvalue weighted by Gasteiger charge is -2.16. The molecule has 0 aliphatic heterocycles. The molecule has 1 aromatic heterocycles. The van der Waals surface area contributed by atoms with E-state index in [0.717, 1.165) is 59.9 Å². The molecular weight excluding hydrogens is 356 g/mol. The van der Waals surface area contributed by atoms with Crippen LogP contribution < -0.4 is 20.5 Å². The summed E-state index contributed by atoms with van der Waals surface area (Å²) in [5, 5.41) is 3.40. The molecule has 1 heterocycles. The number of nitrogen functional groups attached to an aromatic ring is 1. The number of aryl methyl sites for hydroxylation is 1. The lowest BCUT2D eigenvalue weighted by atomic mass is 10.0. The fourth-order valence-corrected chi connectivity index (χ4v) is 2.90. The zero-order valence-corrected chi connectivity index (χ0v) is 17.4. The van der Waals surface area contributed by atoms with E-state index in [1.54, 1.807) is 14.2 Å². The average molecular weight is 389 g/mol. The molecule has 2 aromatic rings. The molecule has 1 aromatic carbocycles. The minimum absolute atomic E-state index is 0.284. The van der Waals surface area contributed by atoms with Crippen molar-refractivity contribution in [2.75, 3.05) is 45.0 Å². The van der Waals surface area contributed by atoms with Gasteiger partial charge in [-0.3, -0.25) is 0 Å². The van der Waals surface area contributed by atoms with E-state index >= 15 is 0 Å². The maximum Gasteiger partial charge on any atom is 0.222 e. The molecule has 0 aliphatic rings. The summed E-state index contributed by atoms with van der Waals surface area (Å²) in [7, 11) is 3.35. The molecule has 0 atom stereocenters. The van der Waals surface area contributed by atoms with E-state index in [1.165, 1.54) is 0 Å². The third kappa shape index (κ3) is 6.27. The van der Waals surface area contributed by atoms with Crippen LogP contribution in [0.4, 0.5) is 11.8 Å². The van der Waals surface area contributed by atoms with Crippen LogP contribution in [0.5, 0.6) is 11.5 Å². The Morgan fingerprint density at radius 2 is 1.93 bits per heavy atom. The lowest BCUT2D eigenvalue weighted by molar-refractivity contribution is 0.172. The highest BCUT2D eigenvalue weighted by molar-refractivity contribution is 5.53. The molecule has 0 bridgehead atoms. The summed E-state index contributed by atoms with van der Waals surface area (Å²) in [4.78, 5) is 8.75. The Hall–Kier alpha value is -2.54. The Morgan fingerprint density at radius 1 is 1.11 bits per heavy atom. The summed E-state index contributed by atoms with van der Waals surface area (Å²) in [5.41, 5.74) is 8.80. The number of hydrogen-bond donors (Lipinski definition) is 2. The van der Waals surface area contributed by atoms with Gasteiger partial charge in [0.15, 0.2) is 0 Å². The first-order valence-corrected chi connectivity index (χ1v) is 9.74. The molecule has 0 aliphatic carbocycles. The second-order valence-corrected chi connectivity index (χ2v) is 6.62. The van der Waals surface area contributed by atoms with Gasteiger partial charge in [0, 0.05) is 50.4 Å². The maximum atomic E-state index is 5.86. The van der Waals surface area contributed by atoms with Crippen molar-refractivity contribution >= 4 is 11.8 Å². The van der Waals surface area contributed by atoms with Crippen molar-refractivity contribution in [2.45, 2.75) is 39.5 Å². The van der Waals surface area contributed by atoms with Gasteiger partial charge >= 0.3 is 0 Å². The zero-order valence-electron chi connectivity index (χ0n) is 17.4. The molecule has 0 fully saturated rings. The van der Waals surface area contributed by atoms with Crippen molar-refractivity contribution in [3.8, 4) is 11.5 Å². The van der Waals surface area contributed by atoms with Gasteiger partial charge in [-0.25, -0.2) is 4.98 Å². The second kappa shape index (κ2) is 11.3. The SMILES string of the molecule is CCCCNc1nc(N)nc(C)c1Cc1ccc(OCCCOC)cc1OC. The number of benzene rings is 1. The highest BCUT2D eigenvalue weighted by Gasteiger charge is 2.14. The van der Waals surface area contributed by atoms with Gasteiger partial charge in [0.25, 0.3) is 0 Å². The predicted octanol–water partition coefficient (Wildman–Crippen LogP) is 3.59. The highest BCUT2D eigenvalue weighted by atomic mass is 16.5. The molecule has 0 unspecified atom stereocenters. The first-order chi connectivity index (χ1) is 13.6. The summed E-state index contributed by atoms with van der Waals surface area (Å²) >= 11 is 0. The summed E-state index contributed by atoms with van der Waals surface area (Å²) in [6.45, 7) is 6.25. The number of methoxy groups -OCH3 is 2. The molecule has 0 saturated heterocycles. The number of unbranched alkanes of at least 4 members (excludes halogenated alkanes) is 1. The molecule has 7 heteroatoms. The molecule has 0 saturated carbocycles. The quantitative estimate of drug-likeness (QED) is 0.537. The largest absolute Gasteiger partial charge is 0.496 e. The molecule has 0 radical (unpaired) electrons. The van der Waals surface area contributed by atoms with Crippen molar-refractivity contribution < 1.29 is 14.2 Å². The minimum atomic E-state index is 0.284. The number of aromatic nitrogens is 2. The fraction of sp³-hybridized carbons (Fsp3) is 0.524. The van der Waals surface area contributed by atoms with Crippen LogP contribution in [-0.4, -0.2) is 43.9 Å². The van der Waals surface area contributed by atoms with E-state index in [2.05, 4.69) is 22.2 Å². The summed E-state index contributed by atoms with van der Waals surface area (Å²) in [6.07, 6.45) is 3.67. The third-order valence-corrected chi connectivity index (χ3v) is 4.44. The molecule has 0 amide bonds. The van der Waals surface area contributed by atoms with Crippen LogP contribution in [0.15, 0.2) is 18.2 Å². The second-order valence-electron chi connectivity index (χ2n) is 6.62. The van der Waals surface area contributed by atoms with E-state index in [1.807, 2.05) is 25.1 Å². The van der Waals surface area contributed by atoms with Crippen molar-refractivity contribution in [1.82, 2.24) is 9.97 Å². The Kier molecular flexibility index (Phi) is 8.81. The van der Waals surface area contributed by atoms with Crippen LogP contribution in [0.3, 0.4) is 0 Å². The Balaban J connectivity index is 2.19. The monoisotopic (exact) mass is 388 g/mol. The number of nitrogens with one attached hydrogen (secondary N) is 1. The van der Waals surface area contributed by atoms with Crippen molar-refractivity contribution in [3.05, 3.63) is 35.0 Å². The summed E-state index contributed by atoms with van der Waals surface area (Å²) in [6, 6.07) is 5.90. The van der Waals surface area contributed by atoms with Gasteiger partial charge in [-0.15, -0.1) is 0 Å². The number of hydrogen-bond acceptors (Lipinski definition) is 7. The van der Waals surface area contributed by atoms with E-state index in [0.29, 0.717) is 19.6 Å². The Bertz CT molecular complexity index is 753. The van der Waals surface area contributed by atoms with E-state index < -0.39 is 0 Å². The Labute approximate surface area is 167 Å². The Morgan fingerprint density at radius 3 is 2.64 bits per heavy atom. The van der Waals surface area contributed by atoms with Gasteiger partial charge in [0.05, 0.1) is 13.7 Å². The number of nitrogens with zero attached hydrogens (tertiary/aromatic N) is 2. The number of nitrogens with two attached hydrogens (primary N) is 1. The molecule has 0 spiro atoms. The van der Waals surface area contributed by atoms with Gasteiger partial charge in [0.1, 0.15) is 17.3 Å². The van der Waals surface area contributed by atoms with Gasteiger partial charge in [0.2, 0.25) is 5.95 Å². The number of ether oxygens (including phenoxy) is 3. The van der Waals surface area contributed by atoms with E-state index in [9.17, 15) is 0 Å². The van der Waals surface area contributed by atoms with Gasteiger partial charge in [-0.05, 0) is 25.0 Å². The molecule has 7 nitrogen and oxygen atoms in total. The predicted molar refractivity (Wildman–Crippen MR) is 112 cm³/mol. The number of rotatable bonds is 12. The third-order valence-electron chi connectivity index (χ3n) is 4.44. The van der Waals surface area contributed by atoms with Crippen LogP contribution in [0.2, 0.25) is 0 Å². The normalized spacial score (nSPS) is 10.7. The molecular formula is C21H32N4O3. The van der Waals surface area contributed by atoms with Crippen LogP contribution >= 0.6 is 0 Å². The maximum absolute atomic E-state index is 5.86. The standard InChI is InChI=1S/C21H32N4O3/c1-5-6-10-23-20-18(15(2)24-21(22)25-20)13-16-8-9-17(14-19(16)27-4)28-12-7-11-26-3/h8-9,14H,5-7,10-13H2,1-4H3,(H3,22,23,24,25). The van der Waals surface area contributed by atoms with Crippen LogP contribution in [0.25, 0.3) is 0 Å². The lowest BCUT2D eigenvalue weighted by Crippen LogP contribution is -2.11. The summed E-state index contributed by atoms with van der Waals surface area (Å²) < 4.78 is 16.4. The number of anilines is 2. The molecule has 154 valence electrons. The summed E-state index contributed by atoms with van der Waals surface area (Å²) in [5.74, 6) is 2.63. The van der Waals surface area contributed by atoms with E-state index in [-0.39, 0.29) is 5.95 Å². The van der Waals surface area contributed by atoms with Crippen LogP contribution in [0.1, 0.15) is 43.0 Å². The first-order valence-electron chi connectivity index (χ1n) is 9.74. The molecule has 3 N–H and O–H groups in total.